The first-order valence-corrected chi connectivity index (χ1v) is 5.21. The average molecular weight is 212 g/mol. The molecular formula is C7H4N2O2S2. The first-order chi connectivity index (χ1) is 6.29. The molecule has 0 radical (unpaired) electrons. The molecule has 6 heteroatoms. The average Bonchev–Trinajstić information content (AvgIpc) is 2.74. The van der Waals surface area contributed by atoms with E-state index in [1.165, 1.54) is 28.7 Å². The number of rotatable bonds is 2. The molecule has 0 bridgehead atoms. The van der Waals surface area contributed by atoms with E-state index >= 15 is 0 Å². The molecule has 0 amide bonds. The summed E-state index contributed by atoms with van der Waals surface area (Å²) >= 11 is 2.77. The van der Waals surface area contributed by atoms with Gasteiger partial charge in [0, 0.05) is 11.4 Å². The van der Waals surface area contributed by atoms with Gasteiger partial charge in [-0.1, -0.05) is 0 Å². The lowest BCUT2D eigenvalue weighted by molar-refractivity contribution is -0.383. The Morgan fingerprint density at radius 1 is 1.54 bits per heavy atom. The fraction of sp³-hybridized carbons (Fsp3) is 0. The lowest BCUT2D eigenvalue weighted by atomic mass is 10.3. The molecule has 2 aromatic rings. The van der Waals surface area contributed by atoms with Gasteiger partial charge < -0.3 is 0 Å². The van der Waals surface area contributed by atoms with Crippen molar-refractivity contribution in [2.24, 2.45) is 0 Å². The number of hydrogen-bond donors (Lipinski definition) is 0. The zero-order chi connectivity index (χ0) is 9.26. The molecule has 0 saturated heterocycles. The highest BCUT2D eigenvalue weighted by molar-refractivity contribution is 7.14. The molecule has 2 heterocycles. The van der Waals surface area contributed by atoms with Crippen molar-refractivity contribution in [2.45, 2.75) is 0 Å². The maximum absolute atomic E-state index is 10.6. The number of thiazole rings is 1. The van der Waals surface area contributed by atoms with Gasteiger partial charge in [0.25, 0.3) is 5.69 Å². The minimum Gasteiger partial charge on any atom is -0.258 e. The zero-order valence-electron chi connectivity index (χ0n) is 6.34. The van der Waals surface area contributed by atoms with Gasteiger partial charge in [0.15, 0.2) is 0 Å². The van der Waals surface area contributed by atoms with Crippen molar-refractivity contribution < 1.29 is 4.92 Å². The smallest absolute Gasteiger partial charge is 0.258 e. The summed E-state index contributed by atoms with van der Waals surface area (Å²) in [7, 11) is 0. The molecule has 13 heavy (non-hydrogen) atoms. The zero-order valence-corrected chi connectivity index (χ0v) is 7.97. The molecule has 0 aliphatic carbocycles. The first kappa shape index (κ1) is 8.33. The van der Waals surface area contributed by atoms with Gasteiger partial charge >= 0.3 is 0 Å². The maximum Gasteiger partial charge on any atom is 0.289 e. The predicted octanol–water partition coefficient (Wildman–Crippen LogP) is 2.78. The van der Waals surface area contributed by atoms with E-state index in [0.717, 1.165) is 0 Å². The van der Waals surface area contributed by atoms with E-state index in [1.54, 1.807) is 16.3 Å². The van der Waals surface area contributed by atoms with E-state index < -0.39 is 0 Å². The Bertz CT molecular complexity index is 421. The monoisotopic (exact) mass is 212 g/mol. The van der Waals surface area contributed by atoms with Crippen molar-refractivity contribution in [2.75, 3.05) is 0 Å². The number of thiophene rings is 1. The van der Waals surface area contributed by atoms with Gasteiger partial charge in [-0.15, -0.1) is 22.7 Å². The van der Waals surface area contributed by atoms with Crippen LogP contribution in [0.15, 0.2) is 22.3 Å². The molecule has 0 aromatic carbocycles. The van der Waals surface area contributed by atoms with Crippen LogP contribution in [0.2, 0.25) is 0 Å². The first-order valence-electron chi connectivity index (χ1n) is 3.39. The predicted molar refractivity (Wildman–Crippen MR) is 52.1 cm³/mol. The van der Waals surface area contributed by atoms with E-state index in [4.69, 9.17) is 0 Å². The Morgan fingerprint density at radius 2 is 2.38 bits per heavy atom. The quantitative estimate of drug-likeness (QED) is 0.568. The van der Waals surface area contributed by atoms with Crippen molar-refractivity contribution in [3.05, 3.63) is 32.5 Å². The van der Waals surface area contributed by atoms with Gasteiger partial charge in [0.2, 0.25) is 0 Å². The van der Waals surface area contributed by atoms with Crippen LogP contribution >= 0.6 is 22.7 Å². The van der Waals surface area contributed by atoms with Crippen molar-refractivity contribution >= 4 is 28.4 Å². The molecule has 4 nitrogen and oxygen atoms in total. The highest BCUT2D eigenvalue weighted by Crippen LogP contribution is 2.34. The largest absolute Gasteiger partial charge is 0.289 e. The summed E-state index contributed by atoms with van der Waals surface area (Å²) in [5.41, 5.74) is 2.49. The van der Waals surface area contributed by atoms with Crippen molar-refractivity contribution in [3.8, 4) is 10.6 Å². The number of hydrogen-bond acceptors (Lipinski definition) is 5. The molecule has 0 spiro atoms. The van der Waals surface area contributed by atoms with E-state index in [0.29, 0.717) is 10.6 Å². The Kier molecular flexibility index (Phi) is 2.07. The van der Waals surface area contributed by atoms with E-state index in [1.807, 2.05) is 0 Å². The van der Waals surface area contributed by atoms with Gasteiger partial charge in [0.05, 0.1) is 16.1 Å². The van der Waals surface area contributed by atoms with Crippen LogP contribution in [0.5, 0.6) is 0 Å². The van der Waals surface area contributed by atoms with E-state index in [2.05, 4.69) is 4.98 Å². The van der Waals surface area contributed by atoms with Gasteiger partial charge in [-0.2, -0.15) is 0 Å². The van der Waals surface area contributed by atoms with Crippen LogP contribution in [0.3, 0.4) is 0 Å². The Balaban J connectivity index is 2.52. The Labute approximate surface area is 81.6 Å². The molecule has 0 saturated carbocycles. The third-order valence-corrected chi connectivity index (χ3v) is 3.02. The van der Waals surface area contributed by atoms with Crippen molar-refractivity contribution in [1.82, 2.24) is 4.98 Å². The summed E-state index contributed by atoms with van der Waals surface area (Å²) < 4.78 is 0. The summed E-state index contributed by atoms with van der Waals surface area (Å²) in [6.07, 6.45) is 0. The molecule has 66 valence electrons. The second-order valence-corrected chi connectivity index (χ2v) is 3.90. The molecule has 0 aliphatic rings. The number of nitro groups is 1. The third-order valence-electron chi connectivity index (χ3n) is 1.51. The highest BCUT2D eigenvalue weighted by Gasteiger charge is 2.17. The SMILES string of the molecule is O=[N+]([O-])c1ccsc1-c1cscn1. The third kappa shape index (κ3) is 1.45. The van der Waals surface area contributed by atoms with Crippen LogP contribution in [0, 0.1) is 10.1 Å². The molecule has 0 aliphatic heterocycles. The van der Waals surface area contributed by atoms with Crippen LogP contribution in [0.1, 0.15) is 0 Å². The lowest BCUT2D eigenvalue weighted by Gasteiger charge is -1.90. The Morgan fingerprint density at radius 3 is 3.00 bits per heavy atom. The van der Waals surface area contributed by atoms with Gasteiger partial charge in [-0.3, -0.25) is 10.1 Å². The molecule has 2 aromatic heterocycles. The van der Waals surface area contributed by atoms with Crippen LogP contribution in [-0.2, 0) is 0 Å². The summed E-state index contributed by atoms with van der Waals surface area (Å²) in [6, 6.07) is 1.50. The second-order valence-electron chi connectivity index (χ2n) is 2.27. The van der Waals surface area contributed by atoms with E-state index in [9.17, 15) is 10.1 Å². The second kappa shape index (κ2) is 3.23. The summed E-state index contributed by atoms with van der Waals surface area (Å²) in [6.45, 7) is 0. The standard InChI is InChI=1S/C7H4N2O2S2/c10-9(11)6-1-2-13-7(6)5-3-12-4-8-5/h1-4H. The lowest BCUT2D eigenvalue weighted by Crippen LogP contribution is -1.86. The molecular weight excluding hydrogens is 208 g/mol. The van der Waals surface area contributed by atoms with Gasteiger partial charge in [-0.05, 0) is 5.38 Å². The summed E-state index contributed by atoms with van der Waals surface area (Å²) in [4.78, 5) is 14.8. The Hall–Kier alpha value is -1.27. The fourth-order valence-corrected chi connectivity index (χ4v) is 2.41. The van der Waals surface area contributed by atoms with Crippen LogP contribution < -0.4 is 0 Å². The molecule has 0 atom stereocenters. The number of aromatic nitrogens is 1. The molecule has 0 unspecified atom stereocenters. The summed E-state index contributed by atoms with van der Waals surface area (Å²) in [5.74, 6) is 0. The van der Waals surface area contributed by atoms with Crippen molar-refractivity contribution in [1.29, 1.82) is 0 Å². The molecule has 2 rings (SSSR count). The minimum absolute atomic E-state index is 0.135. The van der Waals surface area contributed by atoms with Gasteiger partial charge in [-0.25, -0.2) is 4.98 Å². The van der Waals surface area contributed by atoms with E-state index in [-0.39, 0.29) is 10.6 Å². The normalized spacial score (nSPS) is 10.2. The van der Waals surface area contributed by atoms with Crippen LogP contribution in [0.4, 0.5) is 5.69 Å². The maximum atomic E-state index is 10.6. The van der Waals surface area contributed by atoms with Crippen LogP contribution in [0.25, 0.3) is 10.6 Å². The fourth-order valence-electron chi connectivity index (χ4n) is 0.963. The number of nitrogens with zero attached hydrogens (tertiary/aromatic N) is 2. The topological polar surface area (TPSA) is 56.0 Å². The summed E-state index contributed by atoms with van der Waals surface area (Å²) in [5, 5.41) is 14.1. The van der Waals surface area contributed by atoms with Crippen LogP contribution in [-0.4, -0.2) is 9.91 Å². The van der Waals surface area contributed by atoms with Gasteiger partial charge in [0.1, 0.15) is 4.88 Å². The minimum atomic E-state index is -0.384. The highest BCUT2D eigenvalue weighted by atomic mass is 32.1. The van der Waals surface area contributed by atoms with Crippen molar-refractivity contribution in [3.63, 3.8) is 0 Å². The molecule has 0 N–H and O–H groups in total. The molecule has 0 fully saturated rings.